The van der Waals surface area contributed by atoms with E-state index in [0.29, 0.717) is 12.0 Å². The number of carbonyl (C=O) groups excluding carboxylic acids is 1. The zero-order chi connectivity index (χ0) is 15.5. The molecule has 1 aromatic heterocycles. The molecule has 0 aromatic carbocycles. The smallest absolute Gasteiger partial charge is 0.323 e. The maximum Gasteiger partial charge on any atom is 0.323 e. The van der Waals surface area contributed by atoms with Crippen molar-refractivity contribution >= 4 is 33.2 Å². The predicted octanol–water partition coefficient (Wildman–Crippen LogP) is 0.641. The van der Waals surface area contributed by atoms with Crippen LogP contribution < -0.4 is 5.14 Å². The van der Waals surface area contributed by atoms with E-state index in [-0.39, 0.29) is 15.6 Å². The second-order valence-corrected chi connectivity index (χ2v) is 7.08. The number of sulfonamides is 1. The lowest BCUT2D eigenvalue weighted by Crippen LogP contribution is -2.36. The van der Waals surface area contributed by atoms with E-state index in [9.17, 15) is 18.0 Å². The van der Waals surface area contributed by atoms with E-state index >= 15 is 0 Å². The van der Waals surface area contributed by atoms with Crippen molar-refractivity contribution in [3.8, 4) is 0 Å². The Morgan fingerprint density at radius 1 is 1.45 bits per heavy atom. The van der Waals surface area contributed by atoms with Crippen LogP contribution in [0, 0.1) is 6.92 Å². The first-order chi connectivity index (χ1) is 9.16. The molecule has 0 bridgehead atoms. The fourth-order valence-electron chi connectivity index (χ4n) is 1.63. The Morgan fingerprint density at radius 3 is 2.45 bits per heavy atom. The number of rotatable bonds is 6. The summed E-state index contributed by atoms with van der Waals surface area (Å²) in [6.07, 6.45) is 0.603. The van der Waals surface area contributed by atoms with Crippen molar-refractivity contribution in [2.75, 3.05) is 13.1 Å². The van der Waals surface area contributed by atoms with Gasteiger partial charge in [-0.3, -0.25) is 9.59 Å². The van der Waals surface area contributed by atoms with Crippen LogP contribution >= 0.6 is 11.3 Å². The number of nitrogens with zero attached hydrogens (tertiary/aromatic N) is 1. The lowest BCUT2D eigenvalue weighted by atomic mass is 10.2. The number of nitrogens with two attached hydrogens (primary N) is 1. The molecule has 0 aliphatic carbocycles. The first kappa shape index (κ1) is 16.6. The molecule has 0 aliphatic rings. The molecular formula is C11H16N2O5S2. The van der Waals surface area contributed by atoms with Gasteiger partial charge in [0, 0.05) is 6.54 Å². The van der Waals surface area contributed by atoms with Gasteiger partial charge in [-0.1, -0.05) is 6.92 Å². The number of carboxylic acid groups (broad SMARTS) is 1. The zero-order valence-electron chi connectivity index (χ0n) is 11.1. The van der Waals surface area contributed by atoms with Gasteiger partial charge in [0.1, 0.15) is 10.8 Å². The van der Waals surface area contributed by atoms with Crippen LogP contribution in [-0.2, 0) is 14.8 Å². The Labute approximate surface area is 121 Å². The van der Waals surface area contributed by atoms with Crippen LogP contribution in [0.1, 0.15) is 28.6 Å². The van der Waals surface area contributed by atoms with Crippen LogP contribution in [0.25, 0.3) is 0 Å². The van der Waals surface area contributed by atoms with Crippen LogP contribution in [0.2, 0.25) is 0 Å². The summed E-state index contributed by atoms with van der Waals surface area (Å²) in [4.78, 5) is 24.4. The first-order valence-electron chi connectivity index (χ1n) is 5.81. The van der Waals surface area contributed by atoms with Gasteiger partial charge >= 0.3 is 5.97 Å². The molecule has 0 fully saturated rings. The van der Waals surface area contributed by atoms with Crippen molar-refractivity contribution < 1.29 is 23.1 Å². The van der Waals surface area contributed by atoms with E-state index in [4.69, 9.17) is 10.2 Å². The molecule has 9 heteroatoms. The Balaban J connectivity index is 3.12. The number of hydrogen-bond acceptors (Lipinski definition) is 5. The molecule has 0 saturated carbocycles. The number of carbonyl (C=O) groups is 2. The average Bonchev–Trinajstić information content (AvgIpc) is 2.69. The van der Waals surface area contributed by atoms with E-state index in [1.165, 1.54) is 11.0 Å². The summed E-state index contributed by atoms with van der Waals surface area (Å²) in [5.41, 5.74) is 0.468. The van der Waals surface area contributed by atoms with E-state index in [0.717, 1.165) is 11.3 Å². The highest BCUT2D eigenvalue weighted by Gasteiger charge is 2.24. The summed E-state index contributed by atoms with van der Waals surface area (Å²) in [5.74, 6) is -1.61. The molecule has 1 amide bonds. The van der Waals surface area contributed by atoms with E-state index in [1.54, 1.807) is 6.92 Å². The van der Waals surface area contributed by atoms with Gasteiger partial charge in [-0.05, 0) is 25.0 Å². The van der Waals surface area contributed by atoms with Crippen LogP contribution in [0.3, 0.4) is 0 Å². The number of primary sulfonamides is 1. The lowest BCUT2D eigenvalue weighted by molar-refractivity contribution is -0.137. The minimum Gasteiger partial charge on any atom is -0.480 e. The normalized spacial score (nSPS) is 11.3. The second kappa shape index (κ2) is 6.33. The molecule has 1 rings (SSSR count). The van der Waals surface area contributed by atoms with Gasteiger partial charge in [0.25, 0.3) is 5.91 Å². The predicted molar refractivity (Wildman–Crippen MR) is 74.3 cm³/mol. The maximum absolute atomic E-state index is 12.3. The van der Waals surface area contributed by atoms with Crippen molar-refractivity contribution in [1.82, 2.24) is 4.90 Å². The highest BCUT2D eigenvalue weighted by molar-refractivity contribution is 7.91. The van der Waals surface area contributed by atoms with Gasteiger partial charge in [0.15, 0.2) is 0 Å². The zero-order valence-corrected chi connectivity index (χ0v) is 12.8. The minimum atomic E-state index is -3.87. The van der Waals surface area contributed by atoms with Crippen LogP contribution in [0.15, 0.2) is 10.3 Å². The minimum absolute atomic E-state index is 0.106. The van der Waals surface area contributed by atoms with Crippen molar-refractivity contribution in [3.05, 3.63) is 16.5 Å². The molecule has 3 N–H and O–H groups in total. The van der Waals surface area contributed by atoms with Gasteiger partial charge in [0.2, 0.25) is 10.0 Å². The molecule has 0 saturated heterocycles. The molecule has 1 heterocycles. The lowest BCUT2D eigenvalue weighted by Gasteiger charge is -2.19. The van der Waals surface area contributed by atoms with Gasteiger partial charge in [0.05, 0.1) is 4.88 Å². The van der Waals surface area contributed by atoms with Crippen LogP contribution in [0.5, 0.6) is 0 Å². The summed E-state index contributed by atoms with van der Waals surface area (Å²) < 4.78 is 22.4. The third-order valence-electron chi connectivity index (χ3n) is 2.48. The summed E-state index contributed by atoms with van der Waals surface area (Å²) in [7, 11) is -3.87. The van der Waals surface area contributed by atoms with Crippen molar-refractivity contribution in [2.24, 2.45) is 5.14 Å². The molecule has 0 radical (unpaired) electrons. The van der Waals surface area contributed by atoms with Gasteiger partial charge in [-0.15, -0.1) is 11.3 Å². The summed E-state index contributed by atoms with van der Waals surface area (Å²) in [6.45, 7) is 3.27. The summed E-state index contributed by atoms with van der Waals surface area (Å²) in [6, 6.07) is 1.32. The monoisotopic (exact) mass is 320 g/mol. The SMILES string of the molecule is CCCN(CC(=O)O)C(=O)c1sc(S(N)(=O)=O)cc1C. The Bertz CT molecular complexity index is 621. The fraction of sp³-hybridized carbons (Fsp3) is 0.455. The van der Waals surface area contributed by atoms with Crippen LogP contribution in [0.4, 0.5) is 0 Å². The topological polar surface area (TPSA) is 118 Å². The molecule has 1 aromatic rings. The number of amides is 1. The Kier molecular flexibility index (Phi) is 5.26. The van der Waals surface area contributed by atoms with E-state index < -0.39 is 28.4 Å². The highest BCUT2D eigenvalue weighted by atomic mass is 32.2. The van der Waals surface area contributed by atoms with Crippen molar-refractivity contribution in [2.45, 2.75) is 24.5 Å². The van der Waals surface area contributed by atoms with Gasteiger partial charge in [-0.25, -0.2) is 13.6 Å². The quantitative estimate of drug-likeness (QED) is 0.797. The second-order valence-electron chi connectivity index (χ2n) is 4.24. The van der Waals surface area contributed by atoms with Gasteiger partial charge < -0.3 is 10.0 Å². The van der Waals surface area contributed by atoms with Crippen LogP contribution in [-0.4, -0.2) is 43.4 Å². The number of carboxylic acids is 1. The fourth-order valence-corrected chi connectivity index (χ4v) is 3.56. The Hall–Kier alpha value is -1.45. The molecular weight excluding hydrogens is 304 g/mol. The highest BCUT2D eigenvalue weighted by Crippen LogP contribution is 2.26. The molecule has 0 unspecified atom stereocenters. The molecule has 112 valence electrons. The number of aliphatic carboxylic acids is 1. The van der Waals surface area contributed by atoms with E-state index in [2.05, 4.69) is 0 Å². The van der Waals surface area contributed by atoms with Gasteiger partial charge in [-0.2, -0.15) is 0 Å². The molecule has 7 nitrogen and oxygen atoms in total. The third kappa shape index (κ3) is 4.02. The van der Waals surface area contributed by atoms with E-state index in [1.807, 2.05) is 6.92 Å². The van der Waals surface area contributed by atoms with Crippen molar-refractivity contribution in [3.63, 3.8) is 0 Å². The maximum atomic E-state index is 12.3. The average molecular weight is 320 g/mol. The largest absolute Gasteiger partial charge is 0.480 e. The molecule has 0 atom stereocenters. The van der Waals surface area contributed by atoms with Crippen molar-refractivity contribution in [1.29, 1.82) is 0 Å². The molecule has 0 aliphatic heterocycles. The standard InChI is InChI=1S/C11H16N2O5S2/c1-3-4-13(6-8(14)15)11(16)10-7(2)5-9(19-10)20(12,17)18/h5H,3-4,6H2,1-2H3,(H,14,15)(H2,12,17,18). The molecule has 20 heavy (non-hydrogen) atoms. The molecule has 0 spiro atoms. The Morgan fingerprint density at radius 2 is 2.05 bits per heavy atom. The number of aryl methyl sites for hydroxylation is 1. The first-order valence-corrected chi connectivity index (χ1v) is 8.17. The third-order valence-corrected chi connectivity index (χ3v) is 5.12. The summed E-state index contributed by atoms with van der Waals surface area (Å²) in [5, 5.41) is 13.8. The number of thiophene rings is 1. The number of hydrogen-bond donors (Lipinski definition) is 2. The summed E-state index contributed by atoms with van der Waals surface area (Å²) >= 11 is 0.759.